The number of phenols is 1. The Morgan fingerprint density at radius 3 is 2.76 bits per heavy atom. The monoisotopic (exact) mass is 278 g/mol. The summed E-state index contributed by atoms with van der Waals surface area (Å²) in [5, 5.41) is 18.4. The van der Waals surface area contributed by atoms with Crippen molar-refractivity contribution in [3.63, 3.8) is 0 Å². The number of rotatable bonds is 1. The molecule has 0 bridgehead atoms. The first-order chi connectivity index (χ1) is 10.3. The molecule has 1 aliphatic rings. The standard InChI is InChI=1S/C16H14N4O/c17-16-14-9-7-8-18-12(9)6-5-11(14)15(19-20-16)10-3-1-2-4-13(10)21/h1-4,7-8,18,21H,5-6H2,(H2,17,20). The molecule has 4 rings (SSSR count). The Bertz CT molecular complexity index is 838. The van der Waals surface area contributed by atoms with Crippen LogP contribution in [0.4, 0.5) is 5.82 Å². The molecule has 2 aromatic heterocycles. The van der Waals surface area contributed by atoms with Crippen LogP contribution in [0.2, 0.25) is 0 Å². The Labute approximate surface area is 121 Å². The van der Waals surface area contributed by atoms with Gasteiger partial charge < -0.3 is 15.8 Å². The highest BCUT2D eigenvalue weighted by atomic mass is 16.3. The van der Waals surface area contributed by atoms with E-state index in [-0.39, 0.29) is 5.75 Å². The highest BCUT2D eigenvalue weighted by Crippen LogP contribution is 2.41. The number of nitrogens with two attached hydrogens (primary N) is 1. The van der Waals surface area contributed by atoms with E-state index in [9.17, 15) is 5.11 Å². The first-order valence-electron chi connectivity index (χ1n) is 6.85. The van der Waals surface area contributed by atoms with E-state index in [0.29, 0.717) is 17.1 Å². The summed E-state index contributed by atoms with van der Waals surface area (Å²) in [5.74, 6) is 0.642. The van der Waals surface area contributed by atoms with Gasteiger partial charge in [-0.2, -0.15) is 0 Å². The van der Waals surface area contributed by atoms with Gasteiger partial charge in [0.2, 0.25) is 0 Å². The molecule has 0 radical (unpaired) electrons. The van der Waals surface area contributed by atoms with Gasteiger partial charge in [0.15, 0.2) is 5.82 Å². The number of benzene rings is 1. The van der Waals surface area contributed by atoms with Gasteiger partial charge in [0.1, 0.15) is 11.4 Å². The topological polar surface area (TPSA) is 87.8 Å². The van der Waals surface area contributed by atoms with Gasteiger partial charge >= 0.3 is 0 Å². The van der Waals surface area contributed by atoms with Crippen molar-refractivity contribution < 1.29 is 5.11 Å². The maximum Gasteiger partial charge on any atom is 0.154 e. The summed E-state index contributed by atoms with van der Waals surface area (Å²) in [6.07, 6.45) is 3.65. The van der Waals surface area contributed by atoms with E-state index < -0.39 is 0 Å². The van der Waals surface area contributed by atoms with Gasteiger partial charge in [0, 0.05) is 28.6 Å². The minimum Gasteiger partial charge on any atom is -0.507 e. The molecular weight excluding hydrogens is 264 g/mol. The van der Waals surface area contributed by atoms with Gasteiger partial charge in [-0.15, -0.1) is 10.2 Å². The van der Waals surface area contributed by atoms with Crippen LogP contribution < -0.4 is 5.73 Å². The number of nitrogens with zero attached hydrogens (tertiary/aromatic N) is 2. The fraction of sp³-hybridized carbons (Fsp3) is 0.125. The van der Waals surface area contributed by atoms with Crippen LogP contribution >= 0.6 is 0 Å². The van der Waals surface area contributed by atoms with Crippen molar-refractivity contribution in [3.8, 4) is 28.1 Å². The smallest absolute Gasteiger partial charge is 0.154 e. The lowest BCUT2D eigenvalue weighted by atomic mass is 9.87. The molecule has 0 saturated carbocycles. The number of aromatic hydroxyl groups is 1. The maximum atomic E-state index is 10.1. The summed E-state index contributed by atoms with van der Waals surface area (Å²) in [4.78, 5) is 3.24. The van der Waals surface area contributed by atoms with E-state index >= 15 is 0 Å². The molecule has 104 valence electrons. The number of nitrogen functional groups attached to an aromatic ring is 1. The lowest BCUT2D eigenvalue weighted by molar-refractivity contribution is 0.477. The zero-order chi connectivity index (χ0) is 14.4. The highest BCUT2D eigenvalue weighted by Gasteiger charge is 2.25. The first-order valence-corrected chi connectivity index (χ1v) is 6.85. The predicted molar refractivity (Wildman–Crippen MR) is 80.7 cm³/mol. The molecule has 4 N–H and O–H groups in total. The number of phenolic OH excluding ortho intramolecular Hbond substituents is 1. The zero-order valence-electron chi connectivity index (χ0n) is 11.3. The Morgan fingerprint density at radius 1 is 1.05 bits per heavy atom. The summed E-state index contributed by atoms with van der Waals surface area (Å²) < 4.78 is 0. The Kier molecular flexibility index (Phi) is 2.47. The minimum atomic E-state index is 0.207. The van der Waals surface area contributed by atoms with Crippen LogP contribution in [0.3, 0.4) is 0 Å². The van der Waals surface area contributed by atoms with Crippen molar-refractivity contribution in [1.29, 1.82) is 0 Å². The Balaban J connectivity index is 2.02. The van der Waals surface area contributed by atoms with E-state index in [4.69, 9.17) is 5.73 Å². The van der Waals surface area contributed by atoms with Crippen molar-refractivity contribution in [3.05, 3.63) is 47.8 Å². The summed E-state index contributed by atoms with van der Waals surface area (Å²) in [7, 11) is 0. The number of aromatic nitrogens is 3. The minimum absolute atomic E-state index is 0.207. The predicted octanol–water partition coefficient (Wildman–Crippen LogP) is 2.53. The van der Waals surface area contributed by atoms with Crippen LogP contribution in [-0.2, 0) is 12.8 Å². The second-order valence-corrected chi connectivity index (χ2v) is 5.17. The third-order valence-corrected chi connectivity index (χ3v) is 3.99. The van der Waals surface area contributed by atoms with Gasteiger partial charge in [-0.3, -0.25) is 0 Å². The van der Waals surface area contributed by atoms with Gasteiger partial charge in [-0.25, -0.2) is 0 Å². The summed E-state index contributed by atoms with van der Waals surface area (Å²) in [6, 6.07) is 9.19. The largest absolute Gasteiger partial charge is 0.507 e. The van der Waals surface area contributed by atoms with E-state index in [1.807, 2.05) is 24.4 Å². The number of aromatic amines is 1. The number of hydrogen-bond donors (Lipinski definition) is 3. The molecule has 0 spiro atoms. The van der Waals surface area contributed by atoms with Gasteiger partial charge in [0.25, 0.3) is 0 Å². The van der Waals surface area contributed by atoms with E-state index in [0.717, 1.165) is 29.5 Å². The lowest BCUT2D eigenvalue weighted by Crippen LogP contribution is -2.11. The summed E-state index contributed by atoms with van der Waals surface area (Å²) in [5.41, 5.74) is 11.7. The second kappa shape index (κ2) is 4.34. The number of anilines is 1. The van der Waals surface area contributed by atoms with Crippen LogP contribution in [-0.4, -0.2) is 20.3 Å². The average molecular weight is 278 g/mol. The first kappa shape index (κ1) is 12.0. The lowest BCUT2D eigenvalue weighted by Gasteiger charge is -2.20. The van der Waals surface area contributed by atoms with E-state index in [1.54, 1.807) is 12.1 Å². The van der Waals surface area contributed by atoms with Gasteiger partial charge in [-0.05, 0) is 36.6 Å². The molecular formula is C16H14N4O. The van der Waals surface area contributed by atoms with Crippen molar-refractivity contribution in [2.75, 3.05) is 5.73 Å². The summed E-state index contributed by atoms with van der Waals surface area (Å²) in [6.45, 7) is 0. The molecule has 3 aromatic rings. The number of aryl methyl sites for hydroxylation is 1. The number of para-hydroxylation sites is 1. The zero-order valence-corrected chi connectivity index (χ0v) is 11.3. The van der Waals surface area contributed by atoms with Crippen molar-refractivity contribution in [2.24, 2.45) is 0 Å². The Morgan fingerprint density at radius 2 is 1.90 bits per heavy atom. The maximum absolute atomic E-state index is 10.1. The normalized spacial score (nSPS) is 12.8. The molecule has 0 amide bonds. The molecule has 0 saturated heterocycles. The average Bonchev–Trinajstić information content (AvgIpc) is 2.97. The fourth-order valence-electron chi connectivity index (χ4n) is 3.02. The van der Waals surface area contributed by atoms with Crippen molar-refractivity contribution in [2.45, 2.75) is 12.8 Å². The Hall–Kier alpha value is -2.82. The number of H-pyrrole nitrogens is 1. The van der Waals surface area contributed by atoms with Crippen LogP contribution in [0.1, 0.15) is 11.3 Å². The van der Waals surface area contributed by atoms with Crippen LogP contribution in [0.5, 0.6) is 5.75 Å². The van der Waals surface area contributed by atoms with E-state index in [2.05, 4.69) is 15.2 Å². The molecule has 0 aliphatic heterocycles. The molecule has 0 atom stereocenters. The van der Waals surface area contributed by atoms with Gasteiger partial charge in [-0.1, -0.05) is 12.1 Å². The molecule has 21 heavy (non-hydrogen) atoms. The molecule has 1 aromatic carbocycles. The SMILES string of the molecule is Nc1nnc(-c2ccccc2O)c2c1-c1cc[nH]c1CC2. The molecule has 1 aliphatic carbocycles. The van der Waals surface area contributed by atoms with Crippen molar-refractivity contribution >= 4 is 5.82 Å². The fourth-order valence-corrected chi connectivity index (χ4v) is 3.02. The molecule has 0 fully saturated rings. The van der Waals surface area contributed by atoms with E-state index in [1.165, 1.54) is 5.69 Å². The molecule has 0 unspecified atom stereocenters. The molecule has 5 nitrogen and oxygen atoms in total. The van der Waals surface area contributed by atoms with Crippen LogP contribution in [0, 0.1) is 0 Å². The van der Waals surface area contributed by atoms with Crippen LogP contribution in [0.15, 0.2) is 36.5 Å². The number of hydrogen-bond acceptors (Lipinski definition) is 4. The number of nitrogens with one attached hydrogen (secondary N) is 1. The highest BCUT2D eigenvalue weighted by molar-refractivity contribution is 5.86. The number of fused-ring (bicyclic) bond motifs is 3. The van der Waals surface area contributed by atoms with Crippen molar-refractivity contribution in [1.82, 2.24) is 15.2 Å². The molecule has 2 heterocycles. The molecule has 5 heteroatoms. The second-order valence-electron chi connectivity index (χ2n) is 5.17. The third kappa shape index (κ3) is 1.71. The summed E-state index contributed by atoms with van der Waals surface area (Å²) >= 11 is 0. The van der Waals surface area contributed by atoms with Gasteiger partial charge in [0.05, 0.1) is 0 Å². The quantitative estimate of drug-likeness (QED) is 0.638. The third-order valence-electron chi connectivity index (χ3n) is 3.99. The van der Waals surface area contributed by atoms with Crippen LogP contribution in [0.25, 0.3) is 22.4 Å².